The van der Waals surface area contributed by atoms with Gasteiger partial charge in [-0.25, -0.2) is 18.0 Å². The fourth-order valence-electron chi connectivity index (χ4n) is 4.50. The first-order valence-electron chi connectivity index (χ1n) is 11.6. The van der Waals surface area contributed by atoms with Gasteiger partial charge in [0.2, 0.25) is 10.0 Å². The van der Waals surface area contributed by atoms with Crippen LogP contribution in [0.15, 0.2) is 82.2 Å². The maximum absolute atomic E-state index is 13.3. The number of hydrogen-bond acceptors (Lipinski definition) is 10. The molecule has 0 saturated carbocycles. The Labute approximate surface area is 220 Å². The number of sulfonamides is 1. The minimum atomic E-state index is -3.91. The molecule has 2 aromatic carbocycles. The van der Waals surface area contributed by atoms with Gasteiger partial charge in [0.05, 0.1) is 55.5 Å². The summed E-state index contributed by atoms with van der Waals surface area (Å²) < 4.78 is 43.3. The van der Waals surface area contributed by atoms with E-state index in [4.69, 9.17) is 19.9 Å². The molecular weight excluding hydrogens is 512 g/mol. The van der Waals surface area contributed by atoms with Gasteiger partial charge in [-0.05, 0) is 23.8 Å². The van der Waals surface area contributed by atoms with Crippen LogP contribution in [0.25, 0.3) is 0 Å². The highest BCUT2D eigenvalue weighted by molar-refractivity contribution is 7.89. The monoisotopic (exact) mass is 538 g/mol. The number of nitriles is 1. The third-order valence-electron chi connectivity index (χ3n) is 6.29. The van der Waals surface area contributed by atoms with Gasteiger partial charge in [-0.15, -0.1) is 0 Å². The Morgan fingerprint density at radius 3 is 2.29 bits per heavy atom. The topological polar surface area (TPSA) is 152 Å². The van der Waals surface area contributed by atoms with Gasteiger partial charge >= 0.3 is 11.9 Å². The van der Waals surface area contributed by atoms with E-state index in [-0.39, 0.29) is 59.6 Å². The highest BCUT2D eigenvalue weighted by Gasteiger charge is 2.43. The minimum absolute atomic E-state index is 0.0225. The van der Waals surface area contributed by atoms with Gasteiger partial charge in [0, 0.05) is 18.8 Å². The molecular formula is C26H26N4O7S. The molecule has 2 aliphatic heterocycles. The first kappa shape index (κ1) is 26.9. The summed E-state index contributed by atoms with van der Waals surface area (Å²) in [5, 5.41) is 10.1. The number of morpholine rings is 1. The number of allylic oxidation sites excluding steroid dienone is 1. The van der Waals surface area contributed by atoms with E-state index < -0.39 is 27.9 Å². The lowest BCUT2D eigenvalue weighted by Crippen LogP contribution is -2.41. The lowest BCUT2D eigenvalue weighted by molar-refractivity contribution is -0.139. The van der Waals surface area contributed by atoms with E-state index in [1.54, 1.807) is 30.3 Å². The van der Waals surface area contributed by atoms with Gasteiger partial charge in [-0.2, -0.15) is 9.57 Å². The molecule has 0 aromatic heterocycles. The lowest BCUT2D eigenvalue weighted by Gasteiger charge is -2.36. The summed E-state index contributed by atoms with van der Waals surface area (Å²) >= 11 is 0. The van der Waals surface area contributed by atoms with Crippen molar-refractivity contribution in [3.63, 3.8) is 0 Å². The van der Waals surface area contributed by atoms with Crippen molar-refractivity contribution in [1.82, 2.24) is 4.31 Å². The summed E-state index contributed by atoms with van der Waals surface area (Å²) in [6.45, 7) is 0.917. The molecule has 198 valence electrons. The Balaban J connectivity index is 1.96. The van der Waals surface area contributed by atoms with Gasteiger partial charge in [0.15, 0.2) is 0 Å². The van der Waals surface area contributed by atoms with Crippen molar-refractivity contribution in [3.8, 4) is 6.07 Å². The molecule has 4 rings (SSSR count). The van der Waals surface area contributed by atoms with Crippen molar-refractivity contribution < 1.29 is 32.2 Å². The third-order valence-corrected chi connectivity index (χ3v) is 8.19. The van der Waals surface area contributed by atoms with Crippen LogP contribution in [-0.4, -0.2) is 65.2 Å². The second kappa shape index (κ2) is 11.1. The quantitative estimate of drug-likeness (QED) is 0.537. The van der Waals surface area contributed by atoms with E-state index in [2.05, 4.69) is 6.07 Å². The molecule has 1 fully saturated rings. The standard InChI is InChI=1S/C26H26N4O7S/c1-35-25(31)22-21(17-7-4-3-5-8-17)20(16-27)24(28)30(23(22)26(32)36-2)18-9-6-10-19(15-18)38(33,34)29-11-13-37-14-12-29/h3-10,15,21H,11-14,28H2,1-2H3. The molecule has 11 nitrogen and oxygen atoms in total. The van der Waals surface area contributed by atoms with Crippen LogP contribution in [0.1, 0.15) is 11.5 Å². The summed E-state index contributed by atoms with van der Waals surface area (Å²) in [4.78, 5) is 27.5. The number of rotatable bonds is 6. The number of benzene rings is 2. The Hall–Kier alpha value is -4.18. The van der Waals surface area contributed by atoms with E-state index in [0.29, 0.717) is 5.56 Å². The lowest BCUT2D eigenvalue weighted by atomic mass is 9.81. The molecule has 0 amide bonds. The maximum Gasteiger partial charge on any atom is 0.355 e. The zero-order valence-corrected chi connectivity index (χ0v) is 21.6. The van der Waals surface area contributed by atoms with E-state index in [1.165, 1.54) is 28.6 Å². The number of nitrogens with zero attached hydrogens (tertiary/aromatic N) is 3. The van der Waals surface area contributed by atoms with Gasteiger partial charge in [0.25, 0.3) is 0 Å². The smallest absolute Gasteiger partial charge is 0.355 e. The van der Waals surface area contributed by atoms with Gasteiger partial charge in [-0.3, -0.25) is 4.90 Å². The largest absolute Gasteiger partial charge is 0.466 e. The van der Waals surface area contributed by atoms with Gasteiger partial charge in [0.1, 0.15) is 11.5 Å². The molecule has 1 unspecified atom stereocenters. The van der Waals surface area contributed by atoms with Crippen LogP contribution in [0.3, 0.4) is 0 Å². The third kappa shape index (κ3) is 4.74. The highest BCUT2D eigenvalue weighted by Crippen LogP contribution is 2.43. The van der Waals surface area contributed by atoms with Crippen molar-refractivity contribution in [1.29, 1.82) is 5.26 Å². The molecule has 0 aliphatic carbocycles. The predicted octanol–water partition coefficient (Wildman–Crippen LogP) is 1.61. The number of ether oxygens (including phenoxy) is 3. The van der Waals surface area contributed by atoms with Crippen molar-refractivity contribution >= 4 is 27.6 Å². The molecule has 1 atom stereocenters. The number of carbonyl (C=O) groups excluding carboxylic acids is 2. The second-order valence-corrected chi connectivity index (χ2v) is 10.3. The first-order chi connectivity index (χ1) is 18.3. The molecule has 0 bridgehead atoms. The predicted molar refractivity (Wildman–Crippen MR) is 136 cm³/mol. The van der Waals surface area contributed by atoms with Crippen molar-refractivity contribution in [2.75, 3.05) is 45.4 Å². The van der Waals surface area contributed by atoms with Gasteiger partial charge < -0.3 is 19.9 Å². The van der Waals surface area contributed by atoms with Crippen LogP contribution in [0.2, 0.25) is 0 Å². The number of hydrogen-bond donors (Lipinski definition) is 1. The van der Waals surface area contributed by atoms with Crippen LogP contribution < -0.4 is 10.6 Å². The summed E-state index contributed by atoms with van der Waals surface area (Å²) in [7, 11) is -1.62. The Kier molecular flexibility index (Phi) is 7.82. The molecule has 2 N–H and O–H groups in total. The van der Waals surface area contributed by atoms with E-state index >= 15 is 0 Å². The summed E-state index contributed by atoms with van der Waals surface area (Å²) in [5.74, 6) is -2.98. The maximum atomic E-state index is 13.3. The summed E-state index contributed by atoms with van der Waals surface area (Å²) in [5.41, 5.74) is 6.68. The zero-order valence-electron chi connectivity index (χ0n) is 20.8. The normalized spacial score (nSPS) is 18.7. The van der Waals surface area contributed by atoms with Crippen molar-refractivity contribution in [2.45, 2.75) is 10.8 Å². The SMILES string of the molecule is COC(=O)C1=C(C(=O)OC)N(c2cccc(S(=O)(=O)N3CCOCC3)c2)C(N)=C(C#N)C1c1ccccc1. The molecule has 0 spiro atoms. The average Bonchev–Trinajstić information content (AvgIpc) is 2.96. The van der Waals surface area contributed by atoms with Crippen LogP contribution >= 0.6 is 0 Å². The van der Waals surface area contributed by atoms with Crippen LogP contribution in [-0.2, 0) is 33.8 Å². The fourth-order valence-corrected chi connectivity index (χ4v) is 5.95. The Morgan fingerprint density at radius 2 is 1.68 bits per heavy atom. The first-order valence-corrected chi connectivity index (χ1v) is 13.0. The summed E-state index contributed by atoms with van der Waals surface area (Å²) in [6, 6.07) is 16.4. The highest BCUT2D eigenvalue weighted by atomic mass is 32.2. The minimum Gasteiger partial charge on any atom is -0.466 e. The van der Waals surface area contributed by atoms with Crippen molar-refractivity contribution in [3.05, 3.63) is 82.8 Å². The fraction of sp³-hybridized carbons (Fsp3) is 0.269. The number of carbonyl (C=O) groups is 2. The summed E-state index contributed by atoms with van der Waals surface area (Å²) in [6.07, 6.45) is 0. The molecule has 12 heteroatoms. The Bertz CT molecular complexity index is 1460. The van der Waals surface area contributed by atoms with Crippen molar-refractivity contribution in [2.24, 2.45) is 5.73 Å². The number of methoxy groups -OCH3 is 2. The van der Waals surface area contributed by atoms with Gasteiger partial charge in [-0.1, -0.05) is 36.4 Å². The van der Waals surface area contributed by atoms with Crippen LogP contribution in [0.4, 0.5) is 5.69 Å². The van der Waals surface area contributed by atoms with E-state index in [9.17, 15) is 23.3 Å². The zero-order chi connectivity index (χ0) is 27.4. The molecule has 1 saturated heterocycles. The molecule has 2 aromatic rings. The average molecular weight is 539 g/mol. The Morgan fingerprint density at radius 1 is 1.03 bits per heavy atom. The molecule has 2 aliphatic rings. The van der Waals surface area contributed by atoms with E-state index in [0.717, 1.165) is 19.1 Å². The van der Waals surface area contributed by atoms with Crippen LogP contribution in [0.5, 0.6) is 0 Å². The molecule has 38 heavy (non-hydrogen) atoms. The van der Waals surface area contributed by atoms with E-state index in [1.807, 2.05) is 0 Å². The number of nitrogens with two attached hydrogens (primary N) is 1. The molecule has 0 radical (unpaired) electrons. The van der Waals surface area contributed by atoms with Crippen LogP contribution in [0, 0.1) is 11.3 Å². The number of esters is 2. The molecule has 2 heterocycles. The second-order valence-electron chi connectivity index (χ2n) is 8.35. The number of anilines is 1.